The molecular formula is C16H25NO3. The van der Waals surface area contributed by atoms with Gasteiger partial charge in [0.25, 0.3) is 0 Å². The van der Waals surface area contributed by atoms with Gasteiger partial charge in [-0.15, -0.1) is 0 Å². The van der Waals surface area contributed by atoms with Crippen molar-refractivity contribution in [2.45, 2.75) is 37.8 Å². The highest BCUT2D eigenvalue weighted by molar-refractivity contribution is 5.33. The molecule has 0 atom stereocenters. The van der Waals surface area contributed by atoms with Crippen LogP contribution in [0.15, 0.2) is 24.3 Å². The van der Waals surface area contributed by atoms with Crippen molar-refractivity contribution in [1.29, 1.82) is 0 Å². The third-order valence-corrected chi connectivity index (χ3v) is 3.80. The van der Waals surface area contributed by atoms with E-state index in [0.29, 0.717) is 13.2 Å². The summed E-state index contributed by atoms with van der Waals surface area (Å²) in [7, 11) is 1.70. The zero-order chi connectivity index (χ0) is 14.3. The Hall–Kier alpha value is -1.10. The highest BCUT2D eigenvalue weighted by Gasteiger charge is 2.32. The van der Waals surface area contributed by atoms with Crippen LogP contribution in [0.2, 0.25) is 0 Å². The quantitative estimate of drug-likeness (QED) is 0.716. The van der Waals surface area contributed by atoms with Gasteiger partial charge in [0.2, 0.25) is 0 Å². The zero-order valence-electron chi connectivity index (χ0n) is 12.2. The van der Waals surface area contributed by atoms with Gasteiger partial charge in [-0.1, -0.05) is 31.0 Å². The van der Waals surface area contributed by atoms with E-state index in [2.05, 4.69) is 5.32 Å². The van der Waals surface area contributed by atoms with E-state index in [1.165, 1.54) is 0 Å². The van der Waals surface area contributed by atoms with E-state index in [9.17, 15) is 5.11 Å². The first kappa shape index (κ1) is 15.3. The molecule has 0 aromatic heterocycles. The molecule has 1 aromatic carbocycles. The average molecular weight is 279 g/mol. The Bertz CT molecular complexity index is 402. The standard InChI is InChI=1S/C16H25NO3/c1-19-11-10-17-12-14-6-2-3-7-15(14)20-13-16(18)8-4-5-9-16/h2-3,6-7,17-18H,4-5,8-13H2,1H3. The summed E-state index contributed by atoms with van der Waals surface area (Å²) >= 11 is 0. The van der Waals surface area contributed by atoms with E-state index in [1.807, 2.05) is 24.3 Å². The van der Waals surface area contributed by atoms with Gasteiger partial charge in [-0.2, -0.15) is 0 Å². The van der Waals surface area contributed by atoms with Crippen LogP contribution in [0.25, 0.3) is 0 Å². The van der Waals surface area contributed by atoms with Crippen LogP contribution in [-0.4, -0.2) is 37.6 Å². The molecule has 0 radical (unpaired) electrons. The maximum Gasteiger partial charge on any atom is 0.123 e. The first-order chi connectivity index (χ1) is 9.73. The lowest BCUT2D eigenvalue weighted by Crippen LogP contribution is -2.32. The fourth-order valence-electron chi connectivity index (χ4n) is 2.58. The van der Waals surface area contributed by atoms with Gasteiger partial charge in [0.1, 0.15) is 12.4 Å². The second-order valence-corrected chi connectivity index (χ2v) is 5.50. The highest BCUT2D eigenvalue weighted by Crippen LogP contribution is 2.30. The van der Waals surface area contributed by atoms with Gasteiger partial charge in [0, 0.05) is 25.8 Å². The van der Waals surface area contributed by atoms with Crippen molar-refractivity contribution in [2.75, 3.05) is 26.9 Å². The van der Waals surface area contributed by atoms with E-state index >= 15 is 0 Å². The second kappa shape index (κ2) is 7.62. The third kappa shape index (κ3) is 4.47. The minimum atomic E-state index is -0.628. The first-order valence-corrected chi connectivity index (χ1v) is 7.36. The molecule has 0 bridgehead atoms. The number of nitrogens with one attached hydrogen (secondary N) is 1. The zero-order valence-corrected chi connectivity index (χ0v) is 12.2. The molecule has 4 nitrogen and oxygen atoms in total. The average Bonchev–Trinajstić information content (AvgIpc) is 2.90. The molecule has 0 saturated heterocycles. The van der Waals surface area contributed by atoms with Crippen LogP contribution < -0.4 is 10.1 Å². The van der Waals surface area contributed by atoms with Crippen LogP contribution in [0.4, 0.5) is 0 Å². The number of methoxy groups -OCH3 is 1. The summed E-state index contributed by atoms with van der Waals surface area (Å²) in [5.41, 5.74) is 0.488. The normalized spacial score (nSPS) is 17.3. The molecule has 0 aliphatic heterocycles. The van der Waals surface area contributed by atoms with Gasteiger partial charge < -0.3 is 19.9 Å². The summed E-state index contributed by atoms with van der Waals surface area (Å²) in [6, 6.07) is 7.98. The fourth-order valence-corrected chi connectivity index (χ4v) is 2.58. The predicted octanol–water partition coefficient (Wildman–Crippen LogP) is 2.11. The number of para-hydroxylation sites is 1. The van der Waals surface area contributed by atoms with Crippen molar-refractivity contribution < 1.29 is 14.6 Å². The van der Waals surface area contributed by atoms with Crippen molar-refractivity contribution in [3.05, 3.63) is 29.8 Å². The number of hydrogen-bond donors (Lipinski definition) is 2. The molecule has 2 N–H and O–H groups in total. The lowest BCUT2D eigenvalue weighted by Gasteiger charge is -2.23. The summed E-state index contributed by atoms with van der Waals surface area (Å²) in [6.45, 7) is 2.65. The second-order valence-electron chi connectivity index (χ2n) is 5.50. The van der Waals surface area contributed by atoms with Gasteiger partial charge in [0.15, 0.2) is 0 Å². The largest absolute Gasteiger partial charge is 0.490 e. The molecule has 1 aromatic rings. The molecule has 1 aliphatic carbocycles. The Kier molecular flexibility index (Phi) is 5.83. The highest BCUT2D eigenvalue weighted by atomic mass is 16.5. The minimum Gasteiger partial charge on any atom is -0.490 e. The molecule has 0 heterocycles. The van der Waals surface area contributed by atoms with Gasteiger partial charge in [-0.3, -0.25) is 0 Å². The topological polar surface area (TPSA) is 50.7 Å². The summed E-state index contributed by atoms with van der Waals surface area (Å²) in [5, 5.41) is 13.6. The number of benzene rings is 1. The first-order valence-electron chi connectivity index (χ1n) is 7.36. The molecule has 1 aliphatic rings. The van der Waals surface area contributed by atoms with Crippen molar-refractivity contribution in [3.63, 3.8) is 0 Å². The maximum atomic E-state index is 10.3. The molecule has 4 heteroatoms. The lowest BCUT2D eigenvalue weighted by molar-refractivity contribution is 0.00111. The van der Waals surface area contributed by atoms with Crippen LogP contribution in [0.1, 0.15) is 31.2 Å². The van der Waals surface area contributed by atoms with Crippen LogP contribution in [0.3, 0.4) is 0 Å². The summed E-state index contributed by atoms with van der Waals surface area (Å²) in [4.78, 5) is 0. The predicted molar refractivity (Wildman–Crippen MR) is 78.9 cm³/mol. The summed E-state index contributed by atoms with van der Waals surface area (Å²) in [5.74, 6) is 0.859. The smallest absolute Gasteiger partial charge is 0.123 e. The maximum absolute atomic E-state index is 10.3. The molecule has 1 saturated carbocycles. The van der Waals surface area contributed by atoms with Crippen LogP contribution in [0.5, 0.6) is 5.75 Å². The minimum absolute atomic E-state index is 0.391. The number of aliphatic hydroxyl groups is 1. The molecule has 0 amide bonds. The number of hydrogen-bond acceptors (Lipinski definition) is 4. The Morgan fingerprint density at radius 1 is 1.25 bits per heavy atom. The van der Waals surface area contributed by atoms with E-state index in [1.54, 1.807) is 7.11 Å². The van der Waals surface area contributed by atoms with E-state index in [-0.39, 0.29) is 0 Å². The molecule has 1 fully saturated rings. The van der Waals surface area contributed by atoms with Crippen LogP contribution >= 0.6 is 0 Å². The molecular weight excluding hydrogens is 254 g/mol. The van der Waals surface area contributed by atoms with E-state index in [4.69, 9.17) is 9.47 Å². The molecule has 112 valence electrons. The van der Waals surface area contributed by atoms with Crippen LogP contribution in [-0.2, 0) is 11.3 Å². The third-order valence-electron chi connectivity index (χ3n) is 3.80. The van der Waals surface area contributed by atoms with Gasteiger partial charge in [-0.25, -0.2) is 0 Å². The molecule has 0 spiro atoms. The van der Waals surface area contributed by atoms with Crippen LogP contribution in [0, 0.1) is 0 Å². The Labute approximate surface area is 121 Å². The Balaban J connectivity index is 1.86. The summed E-state index contributed by atoms with van der Waals surface area (Å²) < 4.78 is 10.9. The Morgan fingerprint density at radius 2 is 2.00 bits per heavy atom. The van der Waals surface area contributed by atoms with E-state index in [0.717, 1.165) is 50.1 Å². The van der Waals surface area contributed by atoms with Gasteiger partial charge in [-0.05, 0) is 18.9 Å². The van der Waals surface area contributed by atoms with Crippen molar-refractivity contribution >= 4 is 0 Å². The van der Waals surface area contributed by atoms with Gasteiger partial charge in [0.05, 0.1) is 12.2 Å². The number of rotatable bonds is 8. The fraction of sp³-hybridized carbons (Fsp3) is 0.625. The lowest BCUT2D eigenvalue weighted by atomic mass is 10.0. The van der Waals surface area contributed by atoms with E-state index < -0.39 is 5.60 Å². The SMILES string of the molecule is COCCNCc1ccccc1OCC1(O)CCCC1. The number of ether oxygens (including phenoxy) is 2. The summed E-state index contributed by atoms with van der Waals surface area (Å²) in [6.07, 6.45) is 3.89. The monoisotopic (exact) mass is 279 g/mol. The molecule has 0 unspecified atom stereocenters. The van der Waals surface area contributed by atoms with Gasteiger partial charge >= 0.3 is 0 Å². The Morgan fingerprint density at radius 3 is 2.75 bits per heavy atom. The van der Waals surface area contributed by atoms with Crippen molar-refractivity contribution in [3.8, 4) is 5.75 Å². The molecule has 20 heavy (non-hydrogen) atoms. The van der Waals surface area contributed by atoms with Crippen molar-refractivity contribution in [1.82, 2.24) is 5.32 Å². The van der Waals surface area contributed by atoms with Crippen molar-refractivity contribution in [2.24, 2.45) is 0 Å². The molecule has 2 rings (SSSR count).